The summed E-state index contributed by atoms with van der Waals surface area (Å²) in [4.78, 5) is 36.9. The molecule has 1 unspecified atom stereocenters. The molecule has 0 heterocycles. The van der Waals surface area contributed by atoms with E-state index in [4.69, 9.17) is 21.6 Å². The first-order valence-electron chi connectivity index (χ1n) is 8.23. The van der Waals surface area contributed by atoms with E-state index in [-0.39, 0.29) is 23.6 Å². The normalized spacial score (nSPS) is 11.2. The number of halogens is 1. The Kier molecular flexibility index (Phi) is 7.07. The van der Waals surface area contributed by atoms with Crippen LogP contribution in [0.2, 0.25) is 5.02 Å². The number of rotatable bonds is 7. The third-order valence-corrected chi connectivity index (χ3v) is 4.02. The van der Waals surface area contributed by atoms with E-state index in [9.17, 15) is 19.7 Å². The average molecular weight is 402 g/mol. The van der Waals surface area contributed by atoms with Gasteiger partial charge in [-0.1, -0.05) is 29.8 Å². The lowest BCUT2D eigenvalue weighted by atomic mass is 10.2. The fraction of sp³-hybridized carbons (Fsp3) is 0.211. The van der Waals surface area contributed by atoms with Crippen LogP contribution in [-0.2, 0) is 9.53 Å². The molecule has 0 aliphatic carbocycles. The summed E-state index contributed by atoms with van der Waals surface area (Å²) in [5.74, 6) is -1.57. The standard InChI is InChI=1S/C19H16ClN3O5/c1-13(18(24)22(11-5-10-21)15-6-3-2-4-7-15)28-19(25)16-9-8-14(20)12-17(16)23(26)27/h2-4,6-9,12-13H,5,11H2,1H3. The number of carbonyl (C=O) groups is 2. The van der Waals surface area contributed by atoms with E-state index in [1.165, 1.54) is 24.0 Å². The van der Waals surface area contributed by atoms with Crippen LogP contribution in [-0.4, -0.2) is 29.4 Å². The first-order chi connectivity index (χ1) is 13.3. The van der Waals surface area contributed by atoms with Crippen LogP contribution in [0.5, 0.6) is 0 Å². The zero-order valence-corrected chi connectivity index (χ0v) is 15.6. The van der Waals surface area contributed by atoms with Gasteiger partial charge in [0.25, 0.3) is 11.6 Å². The highest BCUT2D eigenvalue weighted by Gasteiger charge is 2.28. The summed E-state index contributed by atoms with van der Waals surface area (Å²) in [7, 11) is 0. The summed E-state index contributed by atoms with van der Waals surface area (Å²) in [6.45, 7) is 1.48. The van der Waals surface area contributed by atoms with Crippen molar-refractivity contribution >= 4 is 34.9 Å². The minimum absolute atomic E-state index is 0.0873. The Hall–Kier alpha value is -3.44. The molecule has 0 saturated heterocycles. The lowest BCUT2D eigenvalue weighted by Crippen LogP contribution is -2.40. The van der Waals surface area contributed by atoms with E-state index < -0.39 is 28.6 Å². The van der Waals surface area contributed by atoms with Crippen molar-refractivity contribution in [2.45, 2.75) is 19.4 Å². The Bertz CT molecular complexity index is 927. The second kappa shape index (κ2) is 9.48. The number of benzene rings is 2. The van der Waals surface area contributed by atoms with E-state index in [1.54, 1.807) is 30.3 Å². The number of hydrogen-bond donors (Lipinski definition) is 0. The molecular weight excluding hydrogens is 386 g/mol. The summed E-state index contributed by atoms with van der Waals surface area (Å²) in [5, 5.41) is 20.1. The summed E-state index contributed by atoms with van der Waals surface area (Å²) < 4.78 is 5.15. The average Bonchev–Trinajstić information content (AvgIpc) is 2.68. The monoisotopic (exact) mass is 401 g/mol. The predicted octanol–water partition coefficient (Wildman–Crippen LogP) is 3.74. The fourth-order valence-corrected chi connectivity index (χ4v) is 2.62. The molecule has 0 bridgehead atoms. The highest BCUT2D eigenvalue weighted by Crippen LogP contribution is 2.24. The molecule has 0 aliphatic rings. The van der Waals surface area contributed by atoms with Crippen LogP contribution < -0.4 is 4.90 Å². The van der Waals surface area contributed by atoms with Gasteiger partial charge in [-0.3, -0.25) is 14.9 Å². The van der Waals surface area contributed by atoms with Crippen molar-refractivity contribution in [2.75, 3.05) is 11.4 Å². The van der Waals surface area contributed by atoms with Gasteiger partial charge in [0, 0.05) is 23.3 Å². The van der Waals surface area contributed by atoms with Gasteiger partial charge in [0.1, 0.15) is 5.56 Å². The van der Waals surface area contributed by atoms with Crippen LogP contribution in [0.25, 0.3) is 0 Å². The summed E-state index contributed by atoms with van der Waals surface area (Å²) in [6.07, 6.45) is -1.13. The number of nitro groups is 1. The van der Waals surface area contributed by atoms with Crippen molar-refractivity contribution in [1.82, 2.24) is 0 Å². The molecule has 144 valence electrons. The SMILES string of the molecule is CC(OC(=O)c1ccc(Cl)cc1[N+](=O)[O-])C(=O)N(CCC#N)c1ccccc1. The van der Waals surface area contributed by atoms with E-state index in [1.807, 2.05) is 6.07 Å². The second-order valence-electron chi connectivity index (χ2n) is 5.70. The Morgan fingerprint density at radius 2 is 1.96 bits per heavy atom. The molecule has 0 spiro atoms. The first kappa shape index (κ1) is 20.9. The van der Waals surface area contributed by atoms with Gasteiger partial charge in [-0.05, 0) is 31.2 Å². The number of nitro benzene ring substituents is 1. The number of ether oxygens (including phenoxy) is 1. The third-order valence-electron chi connectivity index (χ3n) is 3.79. The molecule has 28 heavy (non-hydrogen) atoms. The topological polar surface area (TPSA) is 114 Å². The maximum Gasteiger partial charge on any atom is 0.345 e. The van der Waals surface area contributed by atoms with Crippen LogP contribution in [0, 0.1) is 21.4 Å². The van der Waals surface area contributed by atoms with Crippen LogP contribution in [0.4, 0.5) is 11.4 Å². The summed E-state index contributed by atoms with van der Waals surface area (Å²) in [6, 6.07) is 14.1. The fourth-order valence-electron chi connectivity index (χ4n) is 2.46. The molecular formula is C19H16ClN3O5. The van der Waals surface area contributed by atoms with Crippen LogP contribution >= 0.6 is 11.6 Å². The number of carbonyl (C=O) groups excluding carboxylic acids is 2. The van der Waals surface area contributed by atoms with Gasteiger partial charge in [0.05, 0.1) is 17.4 Å². The molecule has 1 atom stereocenters. The molecule has 2 aromatic carbocycles. The Balaban J connectivity index is 2.21. The van der Waals surface area contributed by atoms with Crippen molar-refractivity contribution in [1.29, 1.82) is 5.26 Å². The van der Waals surface area contributed by atoms with Crippen molar-refractivity contribution in [2.24, 2.45) is 0 Å². The number of anilines is 1. The zero-order chi connectivity index (χ0) is 20.7. The maximum absolute atomic E-state index is 12.8. The third kappa shape index (κ3) is 5.05. The minimum Gasteiger partial charge on any atom is -0.449 e. The largest absolute Gasteiger partial charge is 0.449 e. The molecule has 1 amide bonds. The van der Waals surface area contributed by atoms with Gasteiger partial charge in [0.15, 0.2) is 6.10 Å². The van der Waals surface area contributed by atoms with Gasteiger partial charge in [-0.15, -0.1) is 0 Å². The molecule has 2 rings (SSSR count). The highest BCUT2D eigenvalue weighted by molar-refractivity contribution is 6.31. The first-order valence-corrected chi connectivity index (χ1v) is 8.61. The molecule has 2 aromatic rings. The highest BCUT2D eigenvalue weighted by atomic mass is 35.5. The van der Waals surface area contributed by atoms with Crippen LogP contribution in [0.3, 0.4) is 0 Å². The smallest absolute Gasteiger partial charge is 0.345 e. The lowest BCUT2D eigenvalue weighted by Gasteiger charge is -2.25. The lowest BCUT2D eigenvalue weighted by molar-refractivity contribution is -0.385. The van der Waals surface area contributed by atoms with Gasteiger partial charge in [-0.25, -0.2) is 4.79 Å². The number of amides is 1. The Morgan fingerprint density at radius 3 is 2.57 bits per heavy atom. The number of nitriles is 1. The minimum atomic E-state index is -1.22. The Labute approximate surface area is 166 Å². The quantitative estimate of drug-likeness (QED) is 0.396. The number of hydrogen-bond acceptors (Lipinski definition) is 6. The number of nitrogens with zero attached hydrogens (tertiary/aromatic N) is 3. The van der Waals surface area contributed by atoms with Crippen molar-refractivity contribution in [3.05, 3.63) is 69.2 Å². The molecule has 0 aromatic heterocycles. The Morgan fingerprint density at radius 1 is 1.29 bits per heavy atom. The van der Waals surface area contributed by atoms with Gasteiger partial charge in [-0.2, -0.15) is 5.26 Å². The van der Waals surface area contributed by atoms with Gasteiger partial charge >= 0.3 is 5.97 Å². The summed E-state index contributed by atoms with van der Waals surface area (Å²) >= 11 is 5.74. The van der Waals surface area contributed by atoms with Crippen molar-refractivity contribution in [3.8, 4) is 6.07 Å². The zero-order valence-electron chi connectivity index (χ0n) is 14.9. The van der Waals surface area contributed by atoms with E-state index >= 15 is 0 Å². The van der Waals surface area contributed by atoms with E-state index in [0.717, 1.165) is 6.07 Å². The molecule has 0 aliphatic heterocycles. The predicted molar refractivity (Wildman–Crippen MR) is 102 cm³/mol. The number of esters is 1. The number of para-hydroxylation sites is 1. The molecule has 8 nitrogen and oxygen atoms in total. The molecule has 0 fully saturated rings. The van der Waals surface area contributed by atoms with Crippen molar-refractivity contribution in [3.63, 3.8) is 0 Å². The van der Waals surface area contributed by atoms with Gasteiger partial charge < -0.3 is 9.64 Å². The molecule has 0 saturated carbocycles. The molecule has 9 heteroatoms. The molecule has 0 radical (unpaired) electrons. The van der Waals surface area contributed by atoms with Gasteiger partial charge in [0.2, 0.25) is 0 Å². The van der Waals surface area contributed by atoms with E-state index in [0.29, 0.717) is 5.69 Å². The maximum atomic E-state index is 12.8. The van der Waals surface area contributed by atoms with Crippen LogP contribution in [0.1, 0.15) is 23.7 Å². The molecule has 0 N–H and O–H groups in total. The van der Waals surface area contributed by atoms with Crippen LogP contribution in [0.15, 0.2) is 48.5 Å². The second-order valence-corrected chi connectivity index (χ2v) is 6.14. The summed E-state index contributed by atoms with van der Waals surface area (Å²) in [5.41, 5.74) is -0.276. The van der Waals surface area contributed by atoms with Crippen molar-refractivity contribution < 1.29 is 19.2 Å². The van der Waals surface area contributed by atoms with E-state index in [2.05, 4.69) is 0 Å².